The Labute approximate surface area is 354 Å². The van der Waals surface area contributed by atoms with E-state index >= 15 is 0 Å². The molecule has 6 rings (SSSR count). The lowest BCUT2D eigenvalue weighted by molar-refractivity contribution is -0.346. The van der Waals surface area contributed by atoms with Crippen LogP contribution < -0.4 is 5.32 Å². The number of benzene rings is 4. The van der Waals surface area contributed by atoms with Crippen molar-refractivity contribution in [1.29, 1.82) is 0 Å². The minimum Gasteiger partial charge on any atom is -0.467 e. The van der Waals surface area contributed by atoms with E-state index in [1.165, 1.54) is 28.1 Å². The standard InChI is InChI=1S/C46H51NO14/c1-29(48)47-36-38(55-26-32-19-11-6-12-20-32)37(57-30(2)49)35(28-54-25-31-17-9-5-10-18-31)58-45(36)60-40-39(56-27-33-21-13-7-14-22-33)42(46(53-4)61-41(40)44(51)52-3)59-43(50)34-23-15-8-16-24-34/h5-24,35-42,45-46H,25-28H2,1-4H3,(H,47,48)/t35-,36-,37+,38-,39+,40+,41-,42-,45+,46-/m1/s1. The number of esters is 3. The molecule has 1 amide bonds. The van der Waals surface area contributed by atoms with Gasteiger partial charge in [-0.1, -0.05) is 109 Å². The first kappa shape index (κ1) is 45.0. The van der Waals surface area contributed by atoms with Crippen molar-refractivity contribution >= 4 is 23.8 Å². The van der Waals surface area contributed by atoms with Crippen LogP contribution in [0.3, 0.4) is 0 Å². The Kier molecular flexibility index (Phi) is 16.5. The van der Waals surface area contributed by atoms with E-state index in [1.54, 1.807) is 30.3 Å². The molecule has 2 aliphatic rings. The molecule has 15 heteroatoms. The predicted octanol–water partition coefficient (Wildman–Crippen LogP) is 4.69. The van der Waals surface area contributed by atoms with Crippen molar-refractivity contribution < 1.29 is 66.5 Å². The van der Waals surface area contributed by atoms with Gasteiger partial charge in [0.15, 0.2) is 30.9 Å². The van der Waals surface area contributed by atoms with Crippen LogP contribution in [-0.4, -0.2) is 106 Å². The molecule has 15 nitrogen and oxygen atoms in total. The minimum absolute atomic E-state index is 0.0248. The molecule has 1 N–H and O–H groups in total. The maximum atomic E-state index is 13.7. The topological polar surface area (TPSA) is 173 Å². The average Bonchev–Trinajstić information content (AvgIpc) is 3.27. The first-order valence-corrected chi connectivity index (χ1v) is 19.8. The van der Waals surface area contributed by atoms with Gasteiger partial charge in [-0.3, -0.25) is 9.59 Å². The Balaban J connectivity index is 1.41. The van der Waals surface area contributed by atoms with Crippen molar-refractivity contribution in [2.45, 2.75) is 95.0 Å². The van der Waals surface area contributed by atoms with Gasteiger partial charge in [0.25, 0.3) is 0 Å². The van der Waals surface area contributed by atoms with Crippen molar-refractivity contribution in [3.8, 4) is 0 Å². The highest BCUT2D eigenvalue weighted by Gasteiger charge is 2.57. The number of rotatable bonds is 18. The third kappa shape index (κ3) is 12.3. The zero-order valence-electron chi connectivity index (χ0n) is 34.4. The number of carbonyl (C=O) groups is 4. The maximum absolute atomic E-state index is 13.7. The summed E-state index contributed by atoms with van der Waals surface area (Å²) in [6.07, 6.45) is -11.7. The third-order valence-electron chi connectivity index (χ3n) is 9.99. The Morgan fingerprint density at radius 2 is 1.13 bits per heavy atom. The van der Waals surface area contributed by atoms with E-state index in [1.807, 2.05) is 91.0 Å². The van der Waals surface area contributed by atoms with Crippen LogP contribution in [0.5, 0.6) is 0 Å². The summed E-state index contributed by atoms with van der Waals surface area (Å²) in [5.41, 5.74) is 2.66. The van der Waals surface area contributed by atoms with Crippen LogP contribution in [-0.2, 0) is 81.6 Å². The second-order valence-electron chi connectivity index (χ2n) is 14.4. The molecule has 2 saturated heterocycles. The highest BCUT2D eigenvalue weighted by atomic mass is 16.8. The fourth-order valence-electron chi connectivity index (χ4n) is 7.17. The molecule has 2 aliphatic heterocycles. The van der Waals surface area contributed by atoms with E-state index in [2.05, 4.69) is 5.32 Å². The normalized spacial score (nSPS) is 26.1. The maximum Gasteiger partial charge on any atom is 0.338 e. The van der Waals surface area contributed by atoms with Gasteiger partial charge < -0.3 is 52.7 Å². The second kappa shape index (κ2) is 22.4. The van der Waals surface area contributed by atoms with Crippen LogP contribution in [0.4, 0.5) is 0 Å². The SMILES string of the molecule is COC(=O)[C@@H]1O[C@@H](OC)[C@H](OC(=O)c2ccccc2)[C@@H](OCc2ccccc2)[C@@H]1O[C@@H]1O[C@H](COCc2ccccc2)[C@H](OC(C)=O)[C@H](OCc2ccccc2)[C@H]1NC(C)=O. The van der Waals surface area contributed by atoms with E-state index in [4.69, 9.17) is 47.4 Å². The summed E-state index contributed by atoms with van der Waals surface area (Å²) >= 11 is 0. The molecule has 0 unspecified atom stereocenters. The van der Waals surface area contributed by atoms with Gasteiger partial charge >= 0.3 is 17.9 Å². The zero-order valence-corrected chi connectivity index (χ0v) is 34.4. The van der Waals surface area contributed by atoms with Crippen LogP contribution in [0.2, 0.25) is 0 Å². The van der Waals surface area contributed by atoms with Crippen LogP contribution >= 0.6 is 0 Å². The van der Waals surface area contributed by atoms with Gasteiger partial charge in [-0.2, -0.15) is 0 Å². The summed E-state index contributed by atoms with van der Waals surface area (Å²) in [5.74, 6) is -2.71. The van der Waals surface area contributed by atoms with Crippen molar-refractivity contribution in [2.24, 2.45) is 0 Å². The molecule has 0 spiro atoms. The minimum atomic E-state index is -1.55. The van der Waals surface area contributed by atoms with Gasteiger partial charge in [0.05, 0.1) is 39.1 Å². The Morgan fingerprint density at radius 3 is 1.66 bits per heavy atom. The van der Waals surface area contributed by atoms with Crippen LogP contribution in [0, 0.1) is 0 Å². The molecule has 0 bridgehead atoms. The summed E-state index contributed by atoms with van der Waals surface area (Å²) < 4.78 is 61.7. The molecule has 2 heterocycles. The van der Waals surface area contributed by atoms with Crippen molar-refractivity contribution in [3.05, 3.63) is 144 Å². The fraction of sp³-hybridized carbons (Fsp3) is 0.391. The number of carbonyl (C=O) groups excluding carboxylic acids is 4. The summed E-state index contributed by atoms with van der Waals surface area (Å²) in [6, 6.07) is 35.1. The van der Waals surface area contributed by atoms with Gasteiger partial charge in [0.1, 0.15) is 30.5 Å². The molecule has 0 aromatic heterocycles. The van der Waals surface area contributed by atoms with Gasteiger partial charge in [0.2, 0.25) is 5.91 Å². The highest BCUT2D eigenvalue weighted by molar-refractivity contribution is 5.89. The molecular weight excluding hydrogens is 790 g/mol. The molecule has 10 atom stereocenters. The Hall–Kier alpha value is -5.52. The largest absolute Gasteiger partial charge is 0.467 e. The molecule has 0 radical (unpaired) electrons. The molecule has 4 aromatic rings. The lowest BCUT2D eigenvalue weighted by Gasteiger charge is -2.49. The summed E-state index contributed by atoms with van der Waals surface area (Å²) in [5, 5.41) is 2.88. The fourth-order valence-corrected chi connectivity index (χ4v) is 7.17. The third-order valence-corrected chi connectivity index (χ3v) is 9.99. The van der Waals surface area contributed by atoms with Gasteiger partial charge in [-0.05, 0) is 28.8 Å². The monoisotopic (exact) mass is 841 g/mol. The first-order valence-electron chi connectivity index (χ1n) is 19.8. The van der Waals surface area contributed by atoms with E-state index in [0.29, 0.717) is 0 Å². The van der Waals surface area contributed by atoms with Crippen molar-refractivity contribution in [2.75, 3.05) is 20.8 Å². The van der Waals surface area contributed by atoms with E-state index in [9.17, 15) is 19.2 Å². The van der Waals surface area contributed by atoms with Crippen molar-refractivity contribution in [3.63, 3.8) is 0 Å². The molecule has 0 aliphatic carbocycles. The molecular formula is C46H51NO14. The lowest BCUT2D eigenvalue weighted by Crippen LogP contribution is -2.69. The number of nitrogens with one attached hydrogen (secondary N) is 1. The van der Waals surface area contributed by atoms with Gasteiger partial charge in [0, 0.05) is 21.0 Å². The predicted molar refractivity (Wildman–Crippen MR) is 216 cm³/mol. The highest BCUT2D eigenvalue weighted by Crippen LogP contribution is 2.35. The smallest absolute Gasteiger partial charge is 0.338 e. The summed E-state index contributed by atoms with van der Waals surface area (Å²) in [6.45, 7) is 2.64. The lowest BCUT2D eigenvalue weighted by atomic mass is 9.94. The van der Waals surface area contributed by atoms with Crippen LogP contribution in [0.1, 0.15) is 40.9 Å². The Bertz CT molecular complexity index is 1990. The number of ether oxygens (including phenoxy) is 10. The average molecular weight is 842 g/mol. The zero-order chi connectivity index (χ0) is 43.1. The number of amides is 1. The van der Waals surface area contributed by atoms with E-state index in [0.717, 1.165) is 16.7 Å². The quantitative estimate of drug-likeness (QED) is 0.108. The van der Waals surface area contributed by atoms with Gasteiger partial charge in [-0.25, -0.2) is 9.59 Å². The number of hydrogen-bond donors (Lipinski definition) is 1. The molecule has 0 saturated carbocycles. The van der Waals surface area contributed by atoms with Gasteiger partial charge in [-0.15, -0.1) is 0 Å². The molecule has 61 heavy (non-hydrogen) atoms. The molecule has 4 aromatic carbocycles. The van der Waals surface area contributed by atoms with E-state index < -0.39 is 85.2 Å². The number of methoxy groups -OCH3 is 2. The number of hydrogen-bond acceptors (Lipinski definition) is 14. The Morgan fingerprint density at radius 1 is 0.590 bits per heavy atom. The van der Waals surface area contributed by atoms with E-state index in [-0.39, 0.29) is 32.0 Å². The summed E-state index contributed by atoms with van der Waals surface area (Å²) in [7, 11) is 2.51. The van der Waals surface area contributed by atoms with Crippen LogP contribution in [0.25, 0.3) is 0 Å². The second-order valence-corrected chi connectivity index (χ2v) is 14.4. The first-order chi connectivity index (χ1) is 29.6. The summed E-state index contributed by atoms with van der Waals surface area (Å²) in [4.78, 5) is 53.1. The molecule has 324 valence electrons. The van der Waals surface area contributed by atoms with Crippen molar-refractivity contribution in [1.82, 2.24) is 5.32 Å². The molecule has 2 fully saturated rings. The van der Waals surface area contributed by atoms with Crippen LogP contribution in [0.15, 0.2) is 121 Å².